The van der Waals surface area contributed by atoms with Gasteiger partial charge in [-0.15, -0.1) is 0 Å². The number of carbonyl (C=O) groups is 2. The molecule has 128 valence electrons. The summed E-state index contributed by atoms with van der Waals surface area (Å²) in [4.78, 5) is 23.2. The van der Waals surface area contributed by atoms with Crippen LogP contribution in [-0.2, 0) is 16.0 Å². The second kappa shape index (κ2) is 8.65. The van der Waals surface area contributed by atoms with E-state index in [4.69, 9.17) is 10.00 Å². The van der Waals surface area contributed by atoms with E-state index in [0.717, 1.165) is 5.56 Å². The molecule has 2 aromatic rings. The van der Waals surface area contributed by atoms with E-state index in [0.29, 0.717) is 29.8 Å². The zero-order valence-electron chi connectivity index (χ0n) is 14.3. The third kappa shape index (κ3) is 5.78. The van der Waals surface area contributed by atoms with E-state index in [2.05, 4.69) is 5.32 Å². The first-order chi connectivity index (χ1) is 12.0. The second-order valence-electron chi connectivity index (χ2n) is 5.79. The van der Waals surface area contributed by atoms with Crippen molar-refractivity contribution in [1.29, 1.82) is 5.26 Å². The quantitative estimate of drug-likeness (QED) is 0.839. The highest BCUT2D eigenvalue weighted by molar-refractivity contribution is 5.94. The number of nitriles is 1. The van der Waals surface area contributed by atoms with Gasteiger partial charge in [0.1, 0.15) is 11.5 Å². The predicted octanol–water partition coefficient (Wildman–Crippen LogP) is 3.49. The van der Waals surface area contributed by atoms with Gasteiger partial charge in [-0.3, -0.25) is 4.79 Å². The van der Waals surface area contributed by atoms with Crippen LogP contribution in [0, 0.1) is 11.3 Å². The minimum Gasteiger partial charge on any atom is -0.481 e. The normalized spacial score (nSPS) is 11.2. The fourth-order valence-corrected chi connectivity index (χ4v) is 2.22. The molecule has 0 heterocycles. The highest BCUT2D eigenvalue weighted by atomic mass is 16.5. The van der Waals surface area contributed by atoms with Crippen LogP contribution in [-0.4, -0.2) is 17.8 Å². The van der Waals surface area contributed by atoms with Gasteiger partial charge in [-0.05, 0) is 56.2 Å². The number of aryl methyl sites for hydroxylation is 1. The predicted molar refractivity (Wildman–Crippen MR) is 95.3 cm³/mol. The maximum atomic E-state index is 12.2. The first kappa shape index (κ1) is 18.2. The standard InChI is InChI=1S/C20H20N2O3/c1-14(23)6-7-16-8-10-19(11-9-16)25-15(2)20(24)22-18-5-3-4-17(12-18)13-21/h3-5,8-12,15H,6-7H2,1-2H3,(H,22,24). The van der Waals surface area contributed by atoms with Crippen molar-refractivity contribution < 1.29 is 14.3 Å². The van der Waals surface area contributed by atoms with Crippen LogP contribution in [0.5, 0.6) is 5.75 Å². The van der Waals surface area contributed by atoms with E-state index >= 15 is 0 Å². The number of hydrogen-bond acceptors (Lipinski definition) is 4. The number of anilines is 1. The molecule has 5 heteroatoms. The summed E-state index contributed by atoms with van der Waals surface area (Å²) in [5, 5.41) is 11.6. The van der Waals surface area contributed by atoms with Crippen LogP contribution < -0.4 is 10.1 Å². The smallest absolute Gasteiger partial charge is 0.265 e. The largest absolute Gasteiger partial charge is 0.481 e. The van der Waals surface area contributed by atoms with Crippen molar-refractivity contribution in [1.82, 2.24) is 0 Å². The molecule has 25 heavy (non-hydrogen) atoms. The molecule has 1 unspecified atom stereocenters. The van der Waals surface area contributed by atoms with Crippen molar-refractivity contribution in [3.63, 3.8) is 0 Å². The molecule has 0 aliphatic rings. The molecule has 1 N–H and O–H groups in total. The Morgan fingerprint density at radius 3 is 2.56 bits per heavy atom. The topological polar surface area (TPSA) is 79.2 Å². The molecule has 1 amide bonds. The summed E-state index contributed by atoms with van der Waals surface area (Å²) in [6.07, 6.45) is 0.524. The third-order valence-electron chi connectivity index (χ3n) is 3.63. The van der Waals surface area contributed by atoms with E-state index < -0.39 is 6.10 Å². The number of Topliss-reactive ketones (excluding diaryl/α,β-unsaturated/α-hetero) is 1. The van der Waals surface area contributed by atoms with Crippen molar-refractivity contribution in [3.8, 4) is 11.8 Å². The van der Waals surface area contributed by atoms with Crippen LogP contribution in [0.25, 0.3) is 0 Å². The van der Waals surface area contributed by atoms with Gasteiger partial charge in [-0.2, -0.15) is 5.26 Å². The maximum Gasteiger partial charge on any atom is 0.265 e. The van der Waals surface area contributed by atoms with E-state index in [-0.39, 0.29) is 11.7 Å². The van der Waals surface area contributed by atoms with Gasteiger partial charge < -0.3 is 14.8 Å². The minimum absolute atomic E-state index is 0.158. The van der Waals surface area contributed by atoms with Gasteiger partial charge in [-0.1, -0.05) is 18.2 Å². The van der Waals surface area contributed by atoms with Crippen LogP contribution in [0.15, 0.2) is 48.5 Å². The van der Waals surface area contributed by atoms with Crippen molar-refractivity contribution in [2.75, 3.05) is 5.32 Å². The number of carbonyl (C=O) groups excluding carboxylic acids is 2. The number of nitrogens with one attached hydrogen (secondary N) is 1. The highest BCUT2D eigenvalue weighted by Gasteiger charge is 2.15. The molecule has 0 spiro atoms. The molecule has 0 aliphatic carbocycles. The van der Waals surface area contributed by atoms with Gasteiger partial charge in [0.2, 0.25) is 0 Å². The van der Waals surface area contributed by atoms with Crippen molar-refractivity contribution in [2.45, 2.75) is 32.8 Å². The van der Waals surface area contributed by atoms with Crippen LogP contribution in [0.2, 0.25) is 0 Å². The number of nitrogens with zero attached hydrogens (tertiary/aromatic N) is 1. The number of amides is 1. The number of hydrogen-bond donors (Lipinski definition) is 1. The molecular weight excluding hydrogens is 316 g/mol. The Labute approximate surface area is 147 Å². The van der Waals surface area contributed by atoms with Crippen LogP contribution >= 0.6 is 0 Å². The lowest BCUT2D eigenvalue weighted by Crippen LogP contribution is -2.30. The van der Waals surface area contributed by atoms with Crippen LogP contribution in [0.4, 0.5) is 5.69 Å². The number of ketones is 1. The Hall–Kier alpha value is -3.13. The molecule has 0 radical (unpaired) electrons. The lowest BCUT2D eigenvalue weighted by molar-refractivity contribution is -0.122. The van der Waals surface area contributed by atoms with Gasteiger partial charge >= 0.3 is 0 Å². The van der Waals surface area contributed by atoms with E-state index in [9.17, 15) is 9.59 Å². The van der Waals surface area contributed by atoms with E-state index in [1.165, 1.54) is 0 Å². The summed E-state index contributed by atoms with van der Waals surface area (Å²) in [5.74, 6) is 0.446. The van der Waals surface area contributed by atoms with Crippen molar-refractivity contribution in [2.24, 2.45) is 0 Å². The van der Waals surface area contributed by atoms with Crippen molar-refractivity contribution in [3.05, 3.63) is 59.7 Å². The first-order valence-electron chi connectivity index (χ1n) is 8.04. The lowest BCUT2D eigenvalue weighted by atomic mass is 10.1. The average molecular weight is 336 g/mol. The Kier molecular flexibility index (Phi) is 6.30. The second-order valence-corrected chi connectivity index (χ2v) is 5.79. The third-order valence-corrected chi connectivity index (χ3v) is 3.63. The van der Waals surface area contributed by atoms with Gasteiger partial charge in [-0.25, -0.2) is 0 Å². The molecule has 5 nitrogen and oxygen atoms in total. The Morgan fingerprint density at radius 2 is 1.92 bits per heavy atom. The zero-order chi connectivity index (χ0) is 18.2. The van der Waals surface area contributed by atoms with Gasteiger partial charge in [0.05, 0.1) is 11.6 Å². The molecule has 0 bridgehead atoms. The zero-order valence-corrected chi connectivity index (χ0v) is 14.3. The summed E-state index contributed by atoms with van der Waals surface area (Å²) in [5.41, 5.74) is 2.08. The monoisotopic (exact) mass is 336 g/mol. The van der Waals surface area contributed by atoms with E-state index in [1.807, 2.05) is 18.2 Å². The molecule has 2 rings (SSSR count). The van der Waals surface area contributed by atoms with Gasteiger partial charge in [0.25, 0.3) is 5.91 Å². The summed E-state index contributed by atoms with van der Waals surface area (Å²) in [6, 6.07) is 16.1. The van der Waals surface area contributed by atoms with Gasteiger partial charge in [0.15, 0.2) is 6.10 Å². The molecule has 0 aromatic heterocycles. The summed E-state index contributed by atoms with van der Waals surface area (Å²) < 4.78 is 5.64. The molecule has 2 aromatic carbocycles. The Bertz CT molecular complexity index is 791. The fourth-order valence-electron chi connectivity index (χ4n) is 2.22. The molecule has 1 atom stereocenters. The van der Waals surface area contributed by atoms with Gasteiger partial charge in [0, 0.05) is 12.1 Å². The molecular formula is C20H20N2O3. The highest BCUT2D eigenvalue weighted by Crippen LogP contribution is 2.16. The maximum absolute atomic E-state index is 12.2. The Balaban J connectivity index is 1.92. The molecule has 0 saturated heterocycles. The summed E-state index contributed by atoms with van der Waals surface area (Å²) in [6.45, 7) is 3.23. The number of benzene rings is 2. The molecule has 0 aliphatic heterocycles. The fraction of sp³-hybridized carbons (Fsp3) is 0.250. The lowest BCUT2D eigenvalue weighted by Gasteiger charge is -2.15. The number of ether oxygens (including phenoxy) is 1. The number of rotatable bonds is 7. The summed E-state index contributed by atoms with van der Waals surface area (Å²) in [7, 11) is 0. The van der Waals surface area contributed by atoms with Crippen LogP contribution in [0.3, 0.4) is 0 Å². The summed E-state index contributed by atoms with van der Waals surface area (Å²) >= 11 is 0. The molecule has 0 saturated carbocycles. The minimum atomic E-state index is -0.686. The average Bonchev–Trinajstić information content (AvgIpc) is 2.61. The van der Waals surface area contributed by atoms with Crippen LogP contribution in [0.1, 0.15) is 31.4 Å². The van der Waals surface area contributed by atoms with E-state index in [1.54, 1.807) is 50.2 Å². The van der Waals surface area contributed by atoms with Crippen molar-refractivity contribution >= 4 is 17.4 Å². The molecule has 0 fully saturated rings. The SMILES string of the molecule is CC(=O)CCc1ccc(OC(C)C(=O)Nc2cccc(C#N)c2)cc1. The Morgan fingerprint density at radius 1 is 1.20 bits per heavy atom. The first-order valence-corrected chi connectivity index (χ1v) is 8.04.